The Morgan fingerprint density at radius 1 is 0.556 bits per heavy atom. The number of nitrogens with zero attached hydrogens (tertiary/aromatic N) is 4. The van der Waals surface area contributed by atoms with Crippen molar-refractivity contribution in [2.24, 2.45) is 50.3 Å². The Kier molecular flexibility index (Phi) is 27.3. The van der Waals surface area contributed by atoms with Gasteiger partial charge in [-0.05, 0) is 89.5 Å². The Balaban J connectivity index is 2.36. The van der Waals surface area contributed by atoms with Gasteiger partial charge in [0.15, 0.2) is 11.9 Å². The van der Waals surface area contributed by atoms with Gasteiger partial charge < -0.3 is 96.5 Å². The number of unbranched alkanes of at least 4 members (excludes halogenated alkanes) is 1. The van der Waals surface area contributed by atoms with Crippen molar-refractivity contribution < 1.29 is 63.6 Å². The minimum absolute atomic E-state index is 0.0175. The highest BCUT2D eigenvalue weighted by Crippen LogP contribution is 2.22. The van der Waals surface area contributed by atoms with Crippen molar-refractivity contribution in [3.8, 4) is 0 Å². The van der Waals surface area contributed by atoms with E-state index in [1.165, 1.54) is 4.90 Å². The van der Waals surface area contributed by atoms with E-state index in [9.17, 15) is 58.5 Å². The molecular formula is C43H78N16O13. The van der Waals surface area contributed by atoms with Crippen LogP contribution >= 0.6 is 0 Å². The zero-order chi connectivity index (χ0) is 54.1. The van der Waals surface area contributed by atoms with E-state index in [1.54, 1.807) is 0 Å². The zero-order valence-corrected chi connectivity index (χ0v) is 41.1. The second kappa shape index (κ2) is 31.8. The minimum atomic E-state index is -1.73. The normalized spacial score (nSPS) is 18.3. The fraction of sp³-hybridized carbons (Fsp3) is 0.744. The molecule has 22 N–H and O–H groups in total. The molecule has 0 unspecified atom stereocenters. The molecule has 0 saturated carbocycles. The third-order valence-corrected chi connectivity index (χ3v) is 11.9. The van der Waals surface area contributed by atoms with Crippen LogP contribution in [0.1, 0.15) is 90.9 Å². The molecule has 72 heavy (non-hydrogen) atoms. The molecule has 408 valence electrons. The molecule has 0 bridgehead atoms. The predicted octanol–water partition coefficient (Wildman–Crippen LogP) is -7.45. The second-order valence-electron chi connectivity index (χ2n) is 18.1. The summed E-state index contributed by atoms with van der Waals surface area (Å²) in [6.07, 6.45) is 2.65. The first-order valence-corrected chi connectivity index (χ1v) is 24.1. The largest absolute Gasteiger partial charge is 0.480 e. The Morgan fingerprint density at radius 3 is 1.42 bits per heavy atom. The number of rotatable bonds is 32. The van der Waals surface area contributed by atoms with E-state index >= 15 is 0 Å². The summed E-state index contributed by atoms with van der Waals surface area (Å²) < 4.78 is 0. The molecule has 2 heterocycles. The Hall–Kier alpha value is -6.43. The summed E-state index contributed by atoms with van der Waals surface area (Å²) in [5, 5.41) is 53.4. The number of aliphatic carboxylic acids is 1. The lowest BCUT2D eigenvalue weighted by Gasteiger charge is -2.31. The fourth-order valence-corrected chi connectivity index (χ4v) is 8.11. The van der Waals surface area contributed by atoms with Crippen molar-refractivity contribution in [1.82, 2.24) is 41.7 Å². The van der Waals surface area contributed by atoms with Gasteiger partial charge in [0.2, 0.25) is 47.3 Å². The smallest absolute Gasteiger partial charge is 0.328 e. The summed E-state index contributed by atoms with van der Waals surface area (Å²) >= 11 is 0. The third-order valence-electron chi connectivity index (χ3n) is 11.9. The van der Waals surface area contributed by atoms with Crippen LogP contribution in [0.2, 0.25) is 0 Å². The molecule has 29 nitrogen and oxygen atoms in total. The number of aliphatic hydroxyl groups excluding tert-OH is 3. The molecule has 0 aromatic rings. The molecule has 2 saturated heterocycles. The van der Waals surface area contributed by atoms with Crippen LogP contribution in [0.5, 0.6) is 0 Å². The summed E-state index contributed by atoms with van der Waals surface area (Å²) in [4.78, 5) is 131. The van der Waals surface area contributed by atoms with Gasteiger partial charge in [0.1, 0.15) is 48.3 Å². The van der Waals surface area contributed by atoms with Gasteiger partial charge in [-0.3, -0.25) is 48.3 Å². The highest BCUT2D eigenvalue weighted by atomic mass is 16.4. The number of aliphatic hydroxyl groups is 3. The molecule has 2 aliphatic heterocycles. The molecule has 0 radical (unpaired) electrons. The zero-order valence-electron chi connectivity index (χ0n) is 41.1. The Labute approximate surface area is 417 Å². The SMILES string of the molecule is CC(C)C[C@H](N)C(=O)N[C@@H](CCCCN)C(=O)N[C@@H](CCCN=C(N)N)C(=O)N1CCC[C@H]1C(=O)N[C@@H](CCCN=C(N)N)C(=O)N[C@@H](CO)C(=O)N1CCC[C@H]1C(=O)N[C@@H](CO)C(=O)N[C@@H](CO)C(=O)O. The van der Waals surface area contributed by atoms with Gasteiger partial charge in [-0.15, -0.1) is 0 Å². The van der Waals surface area contributed by atoms with Gasteiger partial charge in [0.25, 0.3) is 0 Å². The van der Waals surface area contributed by atoms with Crippen LogP contribution in [0, 0.1) is 5.92 Å². The van der Waals surface area contributed by atoms with Gasteiger partial charge in [0.05, 0.1) is 25.9 Å². The number of carboxylic acid groups (broad SMARTS) is 1. The summed E-state index contributed by atoms with van der Waals surface area (Å²) in [7, 11) is 0. The topological polar surface area (TPSA) is 494 Å². The predicted molar refractivity (Wildman–Crippen MR) is 260 cm³/mol. The van der Waals surface area contributed by atoms with E-state index < -0.39 is 127 Å². The molecule has 8 amide bonds. The molecule has 0 aromatic carbocycles. The van der Waals surface area contributed by atoms with E-state index in [0.29, 0.717) is 32.2 Å². The number of aliphatic imine (C=N–C) groups is 2. The second-order valence-corrected chi connectivity index (χ2v) is 18.1. The van der Waals surface area contributed by atoms with Gasteiger partial charge in [-0.25, -0.2) is 4.79 Å². The molecule has 2 aliphatic rings. The number of likely N-dealkylation sites (tertiary alicyclic amines) is 2. The number of carbonyl (C=O) groups excluding carboxylic acids is 8. The first-order valence-electron chi connectivity index (χ1n) is 24.1. The monoisotopic (exact) mass is 1030 g/mol. The Bertz CT molecular complexity index is 1900. The van der Waals surface area contributed by atoms with E-state index in [1.807, 2.05) is 19.2 Å². The van der Waals surface area contributed by atoms with Gasteiger partial charge >= 0.3 is 5.97 Å². The van der Waals surface area contributed by atoms with Crippen LogP contribution in [-0.4, -0.2) is 202 Å². The van der Waals surface area contributed by atoms with E-state index in [-0.39, 0.29) is 95.4 Å². The number of nitrogens with two attached hydrogens (primary N) is 6. The lowest BCUT2D eigenvalue weighted by molar-refractivity contribution is -0.145. The summed E-state index contributed by atoms with van der Waals surface area (Å²) in [5.41, 5.74) is 33.8. The van der Waals surface area contributed by atoms with Crippen LogP contribution in [0.25, 0.3) is 0 Å². The number of nitrogens with one attached hydrogen (secondary N) is 6. The number of carboxylic acids is 1. The maximum absolute atomic E-state index is 14.4. The van der Waals surface area contributed by atoms with E-state index in [0.717, 1.165) is 4.90 Å². The van der Waals surface area contributed by atoms with Crippen molar-refractivity contribution in [2.75, 3.05) is 52.5 Å². The number of guanidine groups is 2. The number of carbonyl (C=O) groups is 9. The maximum atomic E-state index is 14.4. The van der Waals surface area contributed by atoms with Crippen molar-refractivity contribution in [3.63, 3.8) is 0 Å². The van der Waals surface area contributed by atoms with Crippen LogP contribution < -0.4 is 66.3 Å². The Morgan fingerprint density at radius 2 is 0.958 bits per heavy atom. The van der Waals surface area contributed by atoms with Gasteiger partial charge in [-0.2, -0.15) is 0 Å². The highest BCUT2D eigenvalue weighted by molar-refractivity contribution is 5.98. The lowest BCUT2D eigenvalue weighted by Crippen LogP contribution is -2.60. The van der Waals surface area contributed by atoms with Crippen molar-refractivity contribution in [2.45, 2.75) is 145 Å². The molecule has 2 rings (SSSR count). The van der Waals surface area contributed by atoms with Crippen molar-refractivity contribution >= 4 is 65.1 Å². The number of hydrogen-bond acceptors (Lipinski definition) is 16. The van der Waals surface area contributed by atoms with E-state index in [4.69, 9.17) is 39.5 Å². The molecular weight excluding hydrogens is 949 g/mol. The summed E-state index contributed by atoms with van der Waals surface area (Å²) in [6, 6.07) is -12.1. The quantitative estimate of drug-likeness (QED) is 0.0169. The summed E-state index contributed by atoms with van der Waals surface area (Å²) in [5.74, 6) is -8.43. The summed E-state index contributed by atoms with van der Waals surface area (Å²) in [6.45, 7) is 1.38. The highest BCUT2D eigenvalue weighted by Gasteiger charge is 2.42. The van der Waals surface area contributed by atoms with Crippen molar-refractivity contribution in [3.05, 3.63) is 0 Å². The molecule has 9 atom stereocenters. The molecule has 0 spiro atoms. The fourth-order valence-electron chi connectivity index (χ4n) is 8.11. The van der Waals surface area contributed by atoms with Crippen LogP contribution in [0.4, 0.5) is 0 Å². The molecule has 0 aromatic heterocycles. The molecule has 2 fully saturated rings. The van der Waals surface area contributed by atoms with Crippen LogP contribution in [0.15, 0.2) is 9.98 Å². The third kappa shape index (κ3) is 20.4. The average Bonchev–Trinajstić information content (AvgIpc) is 4.03. The number of hydrogen-bond donors (Lipinski definition) is 16. The molecule has 29 heteroatoms. The lowest BCUT2D eigenvalue weighted by atomic mass is 10.0. The van der Waals surface area contributed by atoms with Gasteiger partial charge in [0, 0.05) is 26.2 Å². The number of amides is 8. The first kappa shape index (κ1) is 61.7. The van der Waals surface area contributed by atoms with Crippen LogP contribution in [0.3, 0.4) is 0 Å². The van der Waals surface area contributed by atoms with Gasteiger partial charge in [-0.1, -0.05) is 13.8 Å². The van der Waals surface area contributed by atoms with Crippen LogP contribution in [-0.2, 0) is 43.2 Å². The van der Waals surface area contributed by atoms with Crippen molar-refractivity contribution in [1.29, 1.82) is 0 Å². The maximum Gasteiger partial charge on any atom is 0.328 e. The average molecular weight is 1030 g/mol. The van der Waals surface area contributed by atoms with E-state index in [2.05, 4.69) is 36.6 Å². The standard InChI is InChI=1S/C43H78N16O13/c1-23(2)19-24(45)33(63)52-25(9-3-4-14-44)34(64)54-27(11-6-16-51-43(48)49)39(69)58-17-7-12-31(58)37(67)53-26(10-5-15-50-42(46)47)35(65)56-29(21-61)40(70)59-18-8-13-32(59)38(68)55-28(20-60)36(66)57-30(22-62)41(71)72/h23-32,60-62H,3-22,44-45H2,1-2H3,(H,52,63)(H,53,67)(H,54,64)(H,55,68)(H,56,65)(H,57,66)(H,71,72)(H4,46,47,50)(H4,48,49,51)/t24-,25-,26-,27-,28-,29-,30-,31-,32-/m0/s1. The first-order chi connectivity index (χ1) is 34.1. The minimum Gasteiger partial charge on any atom is -0.480 e. The molecule has 0 aliphatic carbocycles.